The lowest BCUT2D eigenvalue weighted by Gasteiger charge is -2.37. The summed E-state index contributed by atoms with van der Waals surface area (Å²) in [5.74, 6) is 0.178. The number of hydrogen-bond donors (Lipinski definition) is 0. The number of carbonyl (C=O) groups is 1. The number of hydrogen-bond acceptors (Lipinski definition) is 4. The molecule has 1 aromatic carbocycles. The molecular formula is C21H33N3O3S. The number of aryl methyl sites for hydroxylation is 1. The van der Waals surface area contributed by atoms with E-state index in [1.165, 1.54) is 17.1 Å². The second-order valence-corrected chi connectivity index (χ2v) is 10.3. The van der Waals surface area contributed by atoms with Crippen molar-refractivity contribution >= 4 is 15.9 Å². The van der Waals surface area contributed by atoms with Crippen LogP contribution in [0.5, 0.6) is 0 Å². The Morgan fingerprint density at radius 3 is 2.18 bits per heavy atom. The first-order valence-corrected chi connectivity index (χ1v) is 11.8. The number of piperazine rings is 1. The molecule has 0 bridgehead atoms. The second-order valence-electron chi connectivity index (χ2n) is 8.33. The second kappa shape index (κ2) is 8.93. The molecule has 1 aliphatic heterocycles. The fourth-order valence-corrected chi connectivity index (χ4v) is 5.78. The van der Waals surface area contributed by atoms with Gasteiger partial charge in [0.15, 0.2) is 0 Å². The maximum absolute atomic E-state index is 12.9. The van der Waals surface area contributed by atoms with Crippen LogP contribution in [-0.2, 0) is 14.8 Å². The number of benzene rings is 1. The number of rotatable bonds is 6. The van der Waals surface area contributed by atoms with Gasteiger partial charge in [0.1, 0.15) is 0 Å². The van der Waals surface area contributed by atoms with Crippen molar-refractivity contribution in [1.29, 1.82) is 0 Å². The fourth-order valence-electron chi connectivity index (χ4n) is 4.36. The summed E-state index contributed by atoms with van der Waals surface area (Å²) in [6, 6.07) is 7.57. The average Bonchev–Trinajstić information content (AvgIpc) is 3.16. The van der Waals surface area contributed by atoms with E-state index >= 15 is 0 Å². The van der Waals surface area contributed by atoms with Crippen LogP contribution in [0.4, 0.5) is 0 Å². The number of carbonyl (C=O) groups excluding carboxylic acids is 1. The van der Waals surface area contributed by atoms with Crippen LogP contribution in [0.2, 0.25) is 0 Å². The van der Waals surface area contributed by atoms with E-state index in [1.54, 1.807) is 12.1 Å². The van der Waals surface area contributed by atoms with E-state index in [9.17, 15) is 13.2 Å². The van der Waals surface area contributed by atoms with Gasteiger partial charge in [-0.05, 0) is 45.7 Å². The summed E-state index contributed by atoms with van der Waals surface area (Å²) in [6.45, 7) is 8.53. The van der Waals surface area contributed by atoms with Gasteiger partial charge in [-0.3, -0.25) is 9.69 Å². The van der Waals surface area contributed by atoms with Crippen LogP contribution < -0.4 is 0 Å². The Morgan fingerprint density at radius 2 is 1.64 bits per heavy atom. The van der Waals surface area contributed by atoms with Crippen LogP contribution in [0, 0.1) is 6.92 Å². The van der Waals surface area contributed by atoms with Crippen LogP contribution in [0.15, 0.2) is 29.2 Å². The normalized spacial score (nSPS) is 20.0. The molecule has 0 N–H and O–H groups in total. The summed E-state index contributed by atoms with van der Waals surface area (Å²) in [5.41, 5.74) is 1.04. The number of amides is 1. The van der Waals surface area contributed by atoms with Gasteiger partial charge in [-0.1, -0.05) is 30.5 Å². The third-order valence-electron chi connectivity index (χ3n) is 5.91. The van der Waals surface area contributed by atoms with Gasteiger partial charge in [0.05, 0.1) is 11.4 Å². The zero-order valence-electron chi connectivity index (χ0n) is 17.3. The van der Waals surface area contributed by atoms with Crippen molar-refractivity contribution in [3.8, 4) is 0 Å². The fraction of sp³-hybridized carbons (Fsp3) is 0.667. The lowest BCUT2D eigenvalue weighted by Crippen LogP contribution is -2.53. The summed E-state index contributed by atoms with van der Waals surface area (Å²) in [4.78, 5) is 17.4. The molecule has 2 aliphatic rings. The zero-order chi connectivity index (χ0) is 20.3. The maximum atomic E-state index is 12.9. The quantitative estimate of drug-likeness (QED) is 0.727. The van der Waals surface area contributed by atoms with E-state index in [0.29, 0.717) is 43.7 Å². The van der Waals surface area contributed by atoms with Gasteiger partial charge in [0.25, 0.3) is 0 Å². The molecule has 6 nitrogen and oxygen atoms in total. The molecular weight excluding hydrogens is 374 g/mol. The molecule has 0 unspecified atom stereocenters. The minimum Gasteiger partial charge on any atom is -0.336 e. The van der Waals surface area contributed by atoms with Gasteiger partial charge in [-0.2, -0.15) is 4.31 Å². The third kappa shape index (κ3) is 4.75. The van der Waals surface area contributed by atoms with Crippen LogP contribution in [-0.4, -0.2) is 73.2 Å². The molecule has 1 amide bonds. The highest BCUT2D eigenvalue weighted by molar-refractivity contribution is 7.89. The lowest BCUT2D eigenvalue weighted by molar-refractivity contribution is -0.137. The number of nitrogens with zero attached hydrogens (tertiary/aromatic N) is 3. The molecule has 1 aromatic rings. The van der Waals surface area contributed by atoms with E-state index in [4.69, 9.17) is 0 Å². The monoisotopic (exact) mass is 407 g/mol. The van der Waals surface area contributed by atoms with Crippen LogP contribution >= 0.6 is 0 Å². The van der Waals surface area contributed by atoms with Gasteiger partial charge >= 0.3 is 0 Å². The van der Waals surface area contributed by atoms with Crippen molar-refractivity contribution < 1.29 is 13.2 Å². The van der Waals surface area contributed by atoms with Crippen molar-refractivity contribution in [2.75, 3.05) is 32.7 Å². The summed E-state index contributed by atoms with van der Waals surface area (Å²) in [6.07, 6.45) is 4.62. The Balaban J connectivity index is 1.57. The van der Waals surface area contributed by atoms with Crippen molar-refractivity contribution in [3.05, 3.63) is 29.8 Å². The Labute approximate surface area is 169 Å². The van der Waals surface area contributed by atoms with Gasteiger partial charge in [-0.15, -0.1) is 0 Å². The molecule has 156 valence electrons. The topological polar surface area (TPSA) is 60.9 Å². The molecule has 1 saturated carbocycles. The number of sulfonamides is 1. The van der Waals surface area contributed by atoms with E-state index < -0.39 is 10.0 Å². The lowest BCUT2D eigenvalue weighted by atomic mass is 10.1. The highest BCUT2D eigenvalue weighted by Gasteiger charge is 2.32. The van der Waals surface area contributed by atoms with E-state index in [-0.39, 0.29) is 11.9 Å². The predicted octanol–water partition coefficient (Wildman–Crippen LogP) is 2.48. The molecule has 2 fully saturated rings. The largest absolute Gasteiger partial charge is 0.336 e. The van der Waals surface area contributed by atoms with Crippen molar-refractivity contribution in [3.63, 3.8) is 0 Å². The summed E-state index contributed by atoms with van der Waals surface area (Å²) >= 11 is 0. The standard InChI is InChI=1S/C21H33N3O3S/c1-17(2)24(19-6-4-5-7-19)21(25)16-22-12-14-23(15-13-22)28(26,27)20-10-8-18(3)9-11-20/h8-11,17,19H,4-7,12-16H2,1-3H3. The van der Waals surface area contributed by atoms with Crippen LogP contribution in [0.3, 0.4) is 0 Å². The van der Waals surface area contributed by atoms with Crippen LogP contribution in [0.25, 0.3) is 0 Å². The van der Waals surface area contributed by atoms with Gasteiger partial charge in [0.2, 0.25) is 15.9 Å². The minimum atomic E-state index is -3.46. The Bertz CT molecular complexity index is 763. The molecule has 0 radical (unpaired) electrons. The molecule has 3 rings (SSSR count). The molecule has 0 aromatic heterocycles. The maximum Gasteiger partial charge on any atom is 0.243 e. The zero-order valence-corrected chi connectivity index (χ0v) is 18.1. The van der Waals surface area contributed by atoms with E-state index in [0.717, 1.165) is 18.4 Å². The molecule has 0 atom stereocenters. The first-order valence-electron chi connectivity index (χ1n) is 10.4. The first kappa shape index (κ1) is 21.3. The Morgan fingerprint density at radius 1 is 1.07 bits per heavy atom. The SMILES string of the molecule is Cc1ccc(S(=O)(=O)N2CCN(CC(=O)N(C(C)C)C3CCCC3)CC2)cc1. The van der Waals surface area contributed by atoms with E-state index in [1.807, 2.05) is 19.1 Å². The highest BCUT2D eigenvalue weighted by Crippen LogP contribution is 2.25. The van der Waals surface area contributed by atoms with Gasteiger partial charge in [0, 0.05) is 38.3 Å². The first-order chi connectivity index (χ1) is 13.3. The van der Waals surface area contributed by atoms with Crippen molar-refractivity contribution in [1.82, 2.24) is 14.1 Å². The van der Waals surface area contributed by atoms with Gasteiger partial charge in [-0.25, -0.2) is 8.42 Å². The molecule has 1 saturated heterocycles. The van der Waals surface area contributed by atoms with E-state index in [2.05, 4.69) is 23.6 Å². The molecule has 28 heavy (non-hydrogen) atoms. The Hall–Kier alpha value is -1.44. The molecule has 1 heterocycles. The summed E-state index contributed by atoms with van der Waals surface area (Å²) < 4.78 is 27.2. The summed E-state index contributed by atoms with van der Waals surface area (Å²) in [5, 5.41) is 0. The van der Waals surface area contributed by atoms with Crippen molar-refractivity contribution in [2.24, 2.45) is 0 Å². The molecule has 1 aliphatic carbocycles. The predicted molar refractivity (Wildman–Crippen MR) is 111 cm³/mol. The third-order valence-corrected chi connectivity index (χ3v) is 7.82. The van der Waals surface area contributed by atoms with Crippen molar-refractivity contribution in [2.45, 2.75) is 63.4 Å². The highest BCUT2D eigenvalue weighted by atomic mass is 32.2. The average molecular weight is 408 g/mol. The smallest absolute Gasteiger partial charge is 0.243 e. The Kier molecular flexibility index (Phi) is 6.78. The molecule has 0 spiro atoms. The van der Waals surface area contributed by atoms with Crippen LogP contribution in [0.1, 0.15) is 45.1 Å². The van der Waals surface area contributed by atoms with Gasteiger partial charge < -0.3 is 4.90 Å². The summed E-state index contributed by atoms with van der Waals surface area (Å²) in [7, 11) is -3.46. The molecule has 7 heteroatoms. The minimum absolute atomic E-state index is 0.178.